The molecule has 0 heterocycles. The summed E-state index contributed by atoms with van der Waals surface area (Å²) in [6.45, 7) is 4.00. The lowest BCUT2D eigenvalue weighted by atomic mass is 10.0. The minimum atomic E-state index is -0.445. The molecule has 0 bridgehead atoms. The van der Waals surface area contributed by atoms with Crippen LogP contribution in [0.2, 0.25) is 0 Å². The number of carbonyl (C=O) groups excluding carboxylic acids is 2. The first-order valence-electron chi connectivity index (χ1n) is 5.95. The van der Waals surface area contributed by atoms with Crippen molar-refractivity contribution in [3.63, 3.8) is 0 Å². The fraction of sp³-hybridized carbons (Fsp3) is 0.429. The van der Waals surface area contributed by atoms with Crippen LogP contribution in [0.4, 0.5) is 0 Å². The smallest absolute Gasteiger partial charge is 0.338 e. The van der Waals surface area contributed by atoms with E-state index in [2.05, 4.69) is 4.74 Å². The van der Waals surface area contributed by atoms with Crippen LogP contribution in [0.15, 0.2) is 24.3 Å². The van der Waals surface area contributed by atoms with Crippen molar-refractivity contribution < 1.29 is 14.3 Å². The monoisotopic (exact) mass is 234 g/mol. The number of hydrogen-bond acceptors (Lipinski definition) is 3. The van der Waals surface area contributed by atoms with E-state index in [1.54, 1.807) is 24.3 Å². The van der Waals surface area contributed by atoms with E-state index in [0.717, 1.165) is 12.8 Å². The number of ketones is 1. The van der Waals surface area contributed by atoms with Gasteiger partial charge in [0.1, 0.15) is 0 Å². The van der Waals surface area contributed by atoms with Gasteiger partial charge in [-0.05, 0) is 18.9 Å². The first-order chi connectivity index (χ1) is 8.24. The van der Waals surface area contributed by atoms with E-state index in [1.165, 1.54) is 7.11 Å². The van der Waals surface area contributed by atoms with Crippen molar-refractivity contribution in [2.75, 3.05) is 7.11 Å². The van der Waals surface area contributed by atoms with Gasteiger partial charge in [0.05, 0.1) is 12.7 Å². The van der Waals surface area contributed by atoms with E-state index in [4.69, 9.17) is 0 Å². The average molecular weight is 234 g/mol. The molecule has 3 heteroatoms. The fourth-order valence-electron chi connectivity index (χ4n) is 1.55. The summed E-state index contributed by atoms with van der Waals surface area (Å²) < 4.78 is 4.64. The van der Waals surface area contributed by atoms with Crippen molar-refractivity contribution in [3.8, 4) is 0 Å². The van der Waals surface area contributed by atoms with Crippen LogP contribution in [0.1, 0.15) is 47.4 Å². The molecule has 1 aliphatic carbocycles. The summed E-state index contributed by atoms with van der Waals surface area (Å²) in [7, 11) is 1.32. The highest BCUT2D eigenvalue weighted by Crippen LogP contribution is 2.33. The summed E-state index contributed by atoms with van der Waals surface area (Å²) in [5, 5.41) is 0. The van der Waals surface area contributed by atoms with Gasteiger partial charge in [-0.1, -0.05) is 32.0 Å². The molecule has 0 unspecified atom stereocenters. The Morgan fingerprint density at radius 2 is 1.65 bits per heavy atom. The van der Waals surface area contributed by atoms with E-state index in [-0.39, 0.29) is 11.7 Å². The van der Waals surface area contributed by atoms with E-state index >= 15 is 0 Å². The molecule has 1 fully saturated rings. The van der Waals surface area contributed by atoms with Gasteiger partial charge in [-0.3, -0.25) is 4.79 Å². The summed E-state index contributed by atoms with van der Waals surface area (Å²) in [6.07, 6.45) is 1.88. The maximum atomic E-state index is 11.8. The molecule has 1 aromatic carbocycles. The molecule has 0 N–H and O–H groups in total. The maximum absolute atomic E-state index is 11.8. The van der Waals surface area contributed by atoms with Gasteiger partial charge < -0.3 is 4.74 Å². The molecule has 0 radical (unpaired) electrons. The van der Waals surface area contributed by atoms with Gasteiger partial charge in [-0.25, -0.2) is 4.79 Å². The standard InChI is InChI=1S/C12H12O3.C2H6/c1-15-12(14)10-5-3-2-4-9(10)11(13)8-6-7-8;1-2/h2-5,8H,6-7H2,1H3;1-2H3. The van der Waals surface area contributed by atoms with Crippen LogP contribution in [0.25, 0.3) is 0 Å². The Bertz CT molecular complexity index is 406. The number of methoxy groups -OCH3 is 1. The molecule has 3 nitrogen and oxygen atoms in total. The Morgan fingerprint density at radius 1 is 1.12 bits per heavy atom. The number of rotatable bonds is 3. The van der Waals surface area contributed by atoms with Crippen LogP contribution in [0.5, 0.6) is 0 Å². The topological polar surface area (TPSA) is 43.4 Å². The van der Waals surface area contributed by atoms with E-state index in [0.29, 0.717) is 11.1 Å². The summed E-state index contributed by atoms with van der Waals surface area (Å²) in [4.78, 5) is 23.2. The van der Waals surface area contributed by atoms with Gasteiger partial charge in [-0.15, -0.1) is 0 Å². The molecule has 0 aliphatic heterocycles. The lowest BCUT2D eigenvalue weighted by Gasteiger charge is -2.05. The molecule has 0 amide bonds. The predicted molar refractivity (Wildman–Crippen MR) is 66.2 cm³/mol. The second-order valence-electron chi connectivity index (χ2n) is 3.68. The second kappa shape index (κ2) is 6.18. The van der Waals surface area contributed by atoms with Gasteiger partial charge >= 0.3 is 5.97 Å². The summed E-state index contributed by atoms with van der Waals surface area (Å²) in [5.41, 5.74) is 0.865. The number of benzene rings is 1. The van der Waals surface area contributed by atoms with E-state index in [9.17, 15) is 9.59 Å². The predicted octanol–water partition coefficient (Wildman–Crippen LogP) is 3.09. The molecule has 0 saturated heterocycles. The normalized spacial score (nSPS) is 13.4. The van der Waals surface area contributed by atoms with Crippen molar-refractivity contribution in [1.82, 2.24) is 0 Å². The van der Waals surface area contributed by atoms with Crippen LogP contribution in [-0.4, -0.2) is 18.9 Å². The average Bonchev–Trinajstić information content (AvgIpc) is 3.23. The number of esters is 1. The zero-order chi connectivity index (χ0) is 12.8. The maximum Gasteiger partial charge on any atom is 0.338 e. The van der Waals surface area contributed by atoms with Gasteiger partial charge in [0.2, 0.25) is 0 Å². The van der Waals surface area contributed by atoms with Crippen LogP contribution >= 0.6 is 0 Å². The molecule has 1 aliphatic rings. The minimum Gasteiger partial charge on any atom is -0.465 e. The summed E-state index contributed by atoms with van der Waals surface area (Å²) >= 11 is 0. The number of carbonyl (C=O) groups is 2. The molecule has 92 valence electrons. The van der Waals surface area contributed by atoms with Gasteiger partial charge in [-0.2, -0.15) is 0 Å². The minimum absolute atomic E-state index is 0.0657. The Morgan fingerprint density at radius 3 is 2.12 bits per heavy atom. The van der Waals surface area contributed by atoms with E-state index < -0.39 is 5.97 Å². The van der Waals surface area contributed by atoms with Crippen LogP contribution < -0.4 is 0 Å². The SMILES string of the molecule is CC.COC(=O)c1ccccc1C(=O)C1CC1. The molecule has 2 rings (SSSR count). The zero-order valence-corrected chi connectivity index (χ0v) is 10.5. The highest BCUT2D eigenvalue weighted by Gasteiger charge is 2.32. The lowest BCUT2D eigenvalue weighted by Crippen LogP contribution is -2.11. The Labute approximate surface area is 102 Å². The third-order valence-electron chi connectivity index (χ3n) is 2.55. The van der Waals surface area contributed by atoms with Crippen LogP contribution in [-0.2, 0) is 4.74 Å². The summed E-state index contributed by atoms with van der Waals surface area (Å²) in [5.74, 6) is -0.258. The largest absolute Gasteiger partial charge is 0.465 e. The van der Waals surface area contributed by atoms with Crippen LogP contribution in [0, 0.1) is 5.92 Å². The molecular formula is C14H18O3. The van der Waals surface area contributed by atoms with Crippen molar-refractivity contribution in [1.29, 1.82) is 0 Å². The highest BCUT2D eigenvalue weighted by molar-refractivity contribution is 6.08. The number of Topliss-reactive ketones (excluding diaryl/α,β-unsaturated/α-hetero) is 1. The van der Waals surface area contributed by atoms with Gasteiger partial charge in [0, 0.05) is 11.5 Å². The molecule has 1 aromatic rings. The number of hydrogen-bond donors (Lipinski definition) is 0. The molecule has 1 saturated carbocycles. The first-order valence-corrected chi connectivity index (χ1v) is 5.95. The third kappa shape index (κ3) is 3.16. The fourth-order valence-corrected chi connectivity index (χ4v) is 1.55. The molecule has 0 aromatic heterocycles. The van der Waals surface area contributed by atoms with Crippen molar-refractivity contribution in [2.45, 2.75) is 26.7 Å². The Balaban J connectivity index is 0.000000686. The van der Waals surface area contributed by atoms with Crippen LogP contribution in [0.3, 0.4) is 0 Å². The summed E-state index contributed by atoms with van der Waals surface area (Å²) in [6, 6.07) is 6.81. The molecular weight excluding hydrogens is 216 g/mol. The lowest BCUT2D eigenvalue weighted by molar-refractivity contribution is 0.0596. The van der Waals surface area contributed by atoms with Crippen molar-refractivity contribution >= 4 is 11.8 Å². The molecule has 17 heavy (non-hydrogen) atoms. The quantitative estimate of drug-likeness (QED) is 0.596. The van der Waals surface area contributed by atoms with Crippen molar-refractivity contribution in [3.05, 3.63) is 35.4 Å². The first kappa shape index (κ1) is 13.4. The van der Waals surface area contributed by atoms with E-state index in [1.807, 2.05) is 13.8 Å². The van der Waals surface area contributed by atoms with Gasteiger partial charge in [0.25, 0.3) is 0 Å². The molecule has 0 spiro atoms. The molecule has 0 atom stereocenters. The Kier molecular flexibility index (Phi) is 4.88. The second-order valence-corrected chi connectivity index (χ2v) is 3.68. The highest BCUT2D eigenvalue weighted by atomic mass is 16.5. The number of ether oxygens (including phenoxy) is 1. The van der Waals surface area contributed by atoms with Crippen molar-refractivity contribution in [2.24, 2.45) is 5.92 Å². The third-order valence-corrected chi connectivity index (χ3v) is 2.55. The van der Waals surface area contributed by atoms with Gasteiger partial charge in [0.15, 0.2) is 5.78 Å². The zero-order valence-electron chi connectivity index (χ0n) is 10.5. The Hall–Kier alpha value is -1.64.